The molecule has 1 heterocycles. The Hall–Kier alpha value is -2.66. The Kier molecular flexibility index (Phi) is 11.8. The van der Waals surface area contributed by atoms with Crippen LogP contribution in [0.1, 0.15) is 51.3 Å². The number of rotatable bonds is 14. The molecule has 2 aromatic carbocycles. The van der Waals surface area contributed by atoms with Gasteiger partial charge >= 0.3 is 7.60 Å². The van der Waals surface area contributed by atoms with E-state index in [1.165, 1.54) is 19.1 Å². The molecule has 0 saturated carbocycles. The Balaban J connectivity index is 2.09. The first-order chi connectivity index (χ1) is 19.9. The standard InChI is InChI=1S/C29H40ClN2O9P/c1-7-39-42(36,40-8-2)18-31-25(34)15-24-28(35)32(16-29(3,4)17-33)22-13-12-19(30)14-21(22)26(41-24)20-10-9-11-23(37-5)27(20)38-6/h9-14,24,26,33H,7-8,15-18H2,1-6H3,(H,31,34)/t24-,26-/m1/s1. The molecule has 0 radical (unpaired) electrons. The highest BCUT2D eigenvalue weighted by atomic mass is 35.5. The number of methoxy groups -OCH3 is 2. The zero-order valence-electron chi connectivity index (χ0n) is 24.8. The van der Waals surface area contributed by atoms with Crippen molar-refractivity contribution >= 4 is 36.7 Å². The highest BCUT2D eigenvalue weighted by molar-refractivity contribution is 7.53. The van der Waals surface area contributed by atoms with Gasteiger partial charge in [0.05, 0.1) is 33.9 Å². The maximum atomic E-state index is 14.1. The number of nitrogens with zero attached hydrogens (tertiary/aromatic N) is 1. The summed E-state index contributed by atoms with van der Waals surface area (Å²) in [5.41, 5.74) is 0.949. The third-order valence-corrected chi connectivity index (χ3v) is 8.71. The number of para-hydroxylation sites is 1. The van der Waals surface area contributed by atoms with E-state index in [1.54, 1.807) is 50.2 Å². The maximum Gasteiger partial charge on any atom is 0.349 e. The molecule has 11 nitrogen and oxygen atoms in total. The Labute approximate surface area is 251 Å². The fourth-order valence-electron chi connectivity index (χ4n) is 4.65. The van der Waals surface area contributed by atoms with Gasteiger partial charge in [-0.3, -0.25) is 14.2 Å². The number of ether oxygens (including phenoxy) is 3. The van der Waals surface area contributed by atoms with Crippen molar-refractivity contribution in [2.45, 2.75) is 46.3 Å². The Morgan fingerprint density at radius 1 is 1.12 bits per heavy atom. The summed E-state index contributed by atoms with van der Waals surface area (Å²) in [4.78, 5) is 28.8. The molecule has 1 aliphatic heterocycles. The van der Waals surface area contributed by atoms with E-state index in [1.807, 2.05) is 13.8 Å². The number of aliphatic hydroxyl groups excluding tert-OH is 1. The lowest BCUT2D eigenvalue weighted by molar-refractivity contribution is -0.138. The molecule has 0 bridgehead atoms. The molecule has 42 heavy (non-hydrogen) atoms. The highest BCUT2D eigenvalue weighted by Gasteiger charge is 2.41. The van der Waals surface area contributed by atoms with Gasteiger partial charge in [0, 0.05) is 40.4 Å². The minimum absolute atomic E-state index is 0.129. The SMILES string of the molecule is CCOP(=O)(CNC(=O)C[C@H]1O[C@H](c2cccc(OC)c2OC)c2cc(Cl)ccc2N(CC(C)(C)CO)C1=O)OCC. The smallest absolute Gasteiger partial charge is 0.349 e. The van der Waals surface area contributed by atoms with Crippen molar-refractivity contribution in [1.82, 2.24) is 5.32 Å². The number of aliphatic hydroxyl groups is 1. The molecule has 0 aromatic heterocycles. The lowest BCUT2D eigenvalue weighted by atomic mass is 9.92. The molecule has 232 valence electrons. The predicted octanol–water partition coefficient (Wildman–Crippen LogP) is 4.93. The normalized spacial score (nSPS) is 17.4. The van der Waals surface area contributed by atoms with Crippen LogP contribution in [-0.4, -0.2) is 69.9 Å². The van der Waals surface area contributed by atoms with Gasteiger partial charge in [0.15, 0.2) is 11.5 Å². The molecule has 2 N–H and O–H groups in total. The van der Waals surface area contributed by atoms with E-state index in [9.17, 15) is 19.3 Å². The number of fused-ring (bicyclic) bond motifs is 1. The Morgan fingerprint density at radius 3 is 2.40 bits per heavy atom. The quantitative estimate of drug-likeness (QED) is 0.280. The van der Waals surface area contributed by atoms with Crippen LogP contribution in [0.2, 0.25) is 5.02 Å². The summed E-state index contributed by atoms with van der Waals surface area (Å²) in [6, 6.07) is 10.4. The first-order valence-corrected chi connectivity index (χ1v) is 15.8. The van der Waals surface area contributed by atoms with E-state index in [0.717, 1.165) is 0 Å². The van der Waals surface area contributed by atoms with Gasteiger partial charge < -0.3 is 38.6 Å². The number of amides is 2. The average Bonchev–Trinajstić information content (AvgIpc) is 3.06. The van der Waals surface area contributed by atoms with E-state index in [-0.39, 0.29) is 32.7 Å². The Bertz CT molecular complexity index is 1300. The first kappa shape index (κ1) is 33.8. The molecule has 1 aliphatic rings. The van der Waals surface area contributed by atoms with Crippen LogP contribution in [0.25, 0.3) is 0 Å². The maximum absolute atomic E-state index is 14.1. The topological polar surface area (TPSA) is 133 Å². The van der Waals surface area contributed by atoms with Crippen LogP contribution in [0.15, 0.2) is 36.4 Å². The van der Waals surface area contributed by atoms with E-state index in [2.05, 4.69) is 5.32 Å². The molecule has 2 atom stereocenters. The lowest BCUT2D eigenvalue weighted by Crippen LogP contribution is -2.46. The highest BCUT2D eigenvalue weighted by Crippen LogP contribution is 2.47. The van der Waals surface area contributed by atoms with E-state index < -0.39 is 43.5 Å². The zero-order chi connectivity index (χ0) is 31.1. The van der Waals surface area contributed by atoms with Gasteiger partial charge in [-0.1, -0.05) is 37.6 Å². The minimum Gasteiger partial charge on any atom is -0.493 e. The number of anilines is 1. The molecule has 0 spiro atoms. The summed E-state index contributed by atoms with van der Waals surface area (Å²) in [5, 5.41) is 13.0. The van der Waals surface area contributed by atoms with Crippen LogP contribution < -0.4 is 19.7 Å². The number of carbonyl (C=O) groups is 2. The number of benzene rings is 2. The third kappa shape index (κ3) is 8.03. The molecule has 2 amide bonds. The van der Waals surface area contributed by atoms with Crippen LogP contribution in [0.3, 0.4) is 0 Å². The van der Waals surface area contributed by atoms with Crippen LogP contribution in [-0.2, 0) is 27.9 Å². The van der Waals surface area contributed by atoms with Crippen molar-refractivity contribution in [3.63, 3.8) is 0 Å². The Morgan fingerprint density at radius 2 is 1.81 bits per heavy atom. The summed E-state index contributed by atoms with van der Waals surface area (Å²) in [7, 11) is -0.558. The number of carbonyl (C=O) groups excluding carboxylic acids is 2. The molecule has 13 heteroatoms. The second kappa shape index (κ2) is 14.7. The fraction of sp³-hybridized carbons (Fsp3) is 0.517. The number of nitrogens with one attached hydrogen (secondary N) is 1. The van der Waals surface area contributed by atoms with Crippen LogP contribution >= 0.6 is 19.2 Å². The van der Waals surface area contributed by atoms with Crippen molar-refractivity contribution < 1.29 is 42.5 Å². The van der Waals surface area contributed by atoms with Crippen molar-refractivity contribution in [3.05, 3.63) is 52.5 Å². The van der Waals surface area contributed by atoms with Gasteiger partial charge in [0.25, 0.3) is 5.91 Å². The van der Waals surface area contributed by atoms with Gasteiger partial charge in [0.1, 0.15) is 18.5 Å². The molecule has 0 saturated heterocycles. The minimum atomic E-state index is -3.57. The second-order valence-electron chi connectivity index (χ2n) is 10.4. The summed E-state index contributed by atoms with van der Waals surface area (Å²) in [6.07, 6.45) is -2.92. The molecular weight excluding hydrogens is 587 g/mol. The van der Waals surface area contributed by atoms with Gasteiger partial charge in [-0.15, -0.1) is 0 Å². The first-order valence-electron chi connectivity index (χ1n) is 13.6. The average molecular weight is 627 g/mol. The van der Waals surface area contributed by atoms with Crippen molar-refractivity contribution in [2.24, 2.45) is 5.41 Å². The van der Waals surface area contributed by atoms with Gasteiger partial charge in [-0.05, 0) is 38.1 Å². The molecule has 2 aromatic rings. The predicted molar refractivity (Wildman–Crippen MR) is 159 cm³/mol. The number of hydrogen-bond donors (Lipinski definition) is 2. The van der Waals surface area contributed by atoms with Crippen LogP contribution in [0.4, 0.5) is 5.69 Å². The molecule has 0 aliphatic carbocycles. The van der Waals surface area contributed by atoms with Crippen LogP contribution in [0.5, 0.6) is 11.5 Å². The lowest BCUT2D eigenvalue weighted by Gasteiger charge is -2.32. The van der Waals surface area contributed by atoms with Crippen molar-refractivity contribution in [1.29, 1.82) is 0 Å². The largest absolute Gasteiger partial charge is 0.493 e. The van der Waals surface area contributed by atoms with E-state index >= 15 is 0 Å². The van der Waals surface area contributed by atoms with Gasteiger partial charge in [-0.25, -0.2) is 0 Å². The summed E-state index contributed by atoms with van der Waals surface area (Å²) in [6.45, 7) is 7.20. The molecule has 0 fully saturated rings. The van der Waals surface area contributed by atoms with E-state index in [0.29, 0.717) is 33.3 Å². The summed E-state index contributed by atoms with van der Waals surface area (Å²) >= 11 is 6.45. The fourth-order valence-corrected chi connectivity index (χ4v) is 6.25. The molecule has 3 rings (SSSR count). The monoisotopic (exact) mass is 626 g/mol. The third-order valence-electron chi connectivity index (χ3n) is 6.63. The molecular formula is C29H40ClN2O9P. The summed E-state index contributed by atoms with van der Waals surface area (Å²) < 4.78 is 41.1. The number of hydrogen-bond acceptors (Lipinski definition) is 9. The van der Waals surface area contributed by atoms with E-state index in [4.69, 9.17) is 34.9 Å². The molecule has 0 unspecified atom stereocenters. The second-order valence-corrected chi connectivity index (χ2v) is 12.9. The van der Waals surface area contributed by atoms with Gasteiger partial charge in [-0.2, -0.15) is 0 Å². The number of halogens is 1. The van der Waals surface area contributed by atoms with Crippen LogP contribution in [0, 0.1) is 5.41 Å². The summed E-state index contributed by atoms with van der Waals surface area (Å²) in [5.74, 6) is -0.231. The zero-order valence-corrected chi connectivity index (χ0v) is 26.5. The van der Waals surface area contributed by atoms with Crippen molar-refractivity contribution in [3.8, 4) is 11.5 Å². The van der Waals surface area contributed by atoms with Gasteiger partial charge in [0.2, 0.25) is 5.91 Å². The van der Waals surface area contributed by atoms with Crippen molar-refractivity contribution in [2.75, 3.05) is 51.8 Å².